The zero-order valence-electron chi connectivity index (χ0n) is 58.8. The van der Waals surface area contributed by atoms with E-state index in [2.05, 4.69) is 100 Å². The molecule has 10 fully saturated rings. The van der Waals surface area contributed by atoms with Crippen molar-refractivity contribution in [1.29, 1.82) is 0 Å². The lowest BCUT2D eigenvalue weighted by Gasteiger charge is -2.54. The van der Waals surface area contributed by atoms with Gasteiger partial charge in [0.05, 0.1) is 0 Å². The first-order chi connectivity index (χ1) is 45.7. The Balaban J connectivity index is 0.000000156. The first-order valence-electron chi connectivity index (χ1n) is 37.4. The standard InChI is InChI=1S/C41H55N3O3.C29H39N3O2.C12H18O2/c1-25-17-26(2)34(39(46)18-25)9-10-38(45)41-28(4)44(37-8-6-5-7-35(37)41)27(3)31-11-14-43(15-12-31)16-13-42-40(47)24-36-32-20-29-19-30(22-32)23-33(36)21-29;1-19-17-20(2)24(28(34)18-19)9-10-27(33)29-22(4)32(26-8-6-5-7-25(26)29)21(3)23-11-14-31(15-12-23)16-13-30;13-12(14)6-11-9-2-7-1-8(4-9)5-10(11)3-7/h5-8,17,27,29-33,36H,9-16,18-24H2,1-4H3,(H,42,47);5-8,17,21,23H,9-16,18,30H2,1-4H3;7-11H,1-6H2,(H,13,14). The van der Waals surface area contributed by atoms with E-state index in [0.29, 0.717) is 81.2 Å². The van der Waals surface area contributed by atoms with Crippen LogP contribution in [0.3, 0.4) is 0 Å². The smallest absolute Gasteiger partial charge is 0.303 e. The second-order valence-electron chi connectivity index (χ2n) is 32.0. The average Bonchev–Trinajstić information content (AvgIpc) is 1.76. The van der Waals surface area contributed by atoms with Gasteiger partial charge in [-0.15, -0.1) is 0 Å². The predicted octanol–water partition coefficient (Wildman–Crippen LogP) is 15.9. The molecule has 4 N–H and O–H groups in total. The fourth-order valence-corrected chi connectivity index (χ4v) is 21.6. The Kier molecular flexibility index (Phi) is 21.8. The molecule has 2 unspecified atom stereocenters. The van der Waals surface area contributed by atoms with Crippen molar-refractivity contribution in [3.63, 3.8) is 0 Å². The molecule has 2 aliphatic heterocycles. The molecule has 95 heavy (non-hydrogen) atoms. The SMILES string of the molecule is CC1=CC(C)=C(CCC(=O)c2c(C)n(C(C)C3CCN(CCN)CC3)c3ccccc23)C(=O)C1.CC1=CC(C)=C(CCC(=O)c2c(C)n(C(C)C3CCN(CCNC(=O)CC4C5CC6CC(C5)CC4C6)CC3)c3ccccc23)C(=O)C1.O=C(O)CC1C2CC3CC(C2)CC1C3. The topological polar surface area (TPSA) is 177 Å². The number of carbonyl (C=O) groups is 6. The van der Waals surface area contributed by atoms with Gasteiger partial charge in [-0.3, -0.25) is 28.8 Å². The van der Waals surface area contributed by atoms with Crippen molar-refractivity contribution >= 4 is 56.8 Å². The molecule has 16 rings (SSSR count). The number of aromatic nitrogens is 2. The number of nitrogens with one attached hydrogen (secondary N) is 1. The number of Topliss-reactive ketones (excluding diaryl/α,β-unsaturated/α-hetero) is 4. The second kappa shape index (κ2) is 30.0. The third kappa shape index (κ3) is 15.2. The summed E-state index contributed by atoms with van der Waals surface area (Å²) >= 11 is 0. The number of amides is 1. The molecule has 1 amide bonds. The van der Waals surface area contributed by atoms with Crippen LogP contribution in [0.5, 0.6) is 0 Å². The maximum atomic E-state index is 13.8. The number of rotatable bonds is 21. The summed E-state index contributed by atoms with van der Waals surface area (Å²) in [6.45, 7) is 24.4. The highest BCUT2D eigenvalue weighted by molar-refractivity contribution is 6.11. The molecule has 2 aromatic heterocycles. The summed E-state index contributed by atoms with van der Waals surface area (Å²) in [7, 11) is 0. The van der Waals surface area contributed by atoms with Gasteiger partial charge in [0.1, 0.15) is 0 Å². The first-order valence-corrected chi connectivity index (χ1v) is 37.4. The van der Waals surface area contributed by atoms with E-state index in [0.717, 1.165) is 203 Å². The van der Waals surface area contributed by atoms with Gasteiger partial charge in [0.25, 0.3) is 0 Å². The number of nitrogens with two attached hydrogens (primary N) is 1. The van der Waals surface area contributed by atoms with Crippen molar-refractivity contribution in [1.82, 2.24) is 24.3 Å². The number of para-hydroxylation sites is 2. The molecule has 4 heterocycles. The van der Waals surface area contributed by atoms with Gasteiger partial charge >= 0.3 is 5.97 Å². The van der Waals surface area contributed by atoms with Crippen molar-refractivity contribution in [3.8, 4) is 0 Å². The molecule has 2 aromatic carbocycles. The first kappa shape index (κ1) is 68.9. The van der Waals surface area contributed by atoms with Crippen LogP contribution in [0.25, 0.3) is 21.8 Å². The normalized spacial score (nSPS) is 28.3. The second-order valence-corrected chi connectivity index (χ2v) is 32.0. The molecule has 512 valence electrons. The number of carboxylic acids is 1. The summed E-state index contributed by atoms with van der Waals surface area (Å²) in [5.74, 6) is 9.54. The lowest BCUT2D eigenvalue weighted by Crippen LogP contribution is -2.47. The Morgan fingerprint density at radius 3 is 1.29 bits per heavy atom. The molecule has 0 radical (unpaired) electrons. The molecular weight excluding hydrogens is 1180 g/mol. The number of likely N-dealkylation sites (tertiary alicyclic amines) is 2. The van der Waals surface area contributed by atoms with Crippen molar-refractivity contribution in [2.24, 2.45) is 76.7 Å². The van der Waals surface area contributed by atoms with Crippen LogP contribution < -0.4 is 11.1 Å². The zero-order chi connectivity index (χ0) is 66.9. The molecule has 0 spiro atoms. The van der Waals surface area contributed by atoms with E-state index in [1.54, 1.807) is 0 Å². The number of aliphatic carboxylic acids is 1. The van der Waals surface area contributed by atoms with Crippen LogP contribution in [0, 0.1) is 84.9 Å². The summed E-state index contributed by atoms with van der Waals surface area (Å²) in [5, 5.41) is 14.2. The highest BCUT2D eigenvalue weighted by atomic mass is 16.4. The molecule has 8 bridgehead atoms. The zero-order valence-corrected chi connectivity index (χ0v) is 58.8. The van der Waals surface area contributed by atoms with Crippen LogP contribution >= 0.6 is 0 Å². The largest absolute Gasteiger partial charge is 0.481 e. The van der Waals surface area contributed by atoms with E-state index in [9.17, 15) is 28.8 Å². The third-order valence-corrected chi connectivity index (χ3v) is 25.8. The van der Waals surface area contributed by atoms with Gasteiger partial charge in [0.15, 0.2) is 23.1 Å². The Morgan fingerprint density at radius 1 is 0.537 bits per heavy atom. The number of hydrogen-bond donors (Lipinski definition) is 3. The van der Waals surface area contributed by atoms with Crippen LogP contribution in [-0.2, 0) is 19.2 Å². The van der Waals surface area contributed by atoms with Gasteiger partial charge in [-0.1, -0.05) is 59.7 Å². The van der Waals surface area contributed by atoms with Crippen LogP contribution in [-0.4, -0.2) is 111 Å². The van der Waals surface area contributed by atoms with E-state index in [1.165, 1.54) is 64.2 Å². The number of piperidine rings is 2. The van der Waals surface area contributed by atoms with E-state index in [-0.39, 0.29) is 35.1 Å². The number of fused-ring (bicyclic) bond motifs is 2. The van der Waals surface area contributed by atoms with Gasteiger partial charge in [0.2, 0.25) is 5.91 Å². The van der Waals surface area contributed by atoms with Gasteiger partial charge in [-0.2, -0.15) is 0 Å². The van der Waals surface area contributed by atoms with Crippen LogP contribution in [0.2, 0.25) is 0 Å². The Labute approximate surface area is 566 Å². The molecular formula is C82H112N6O7. The molecule has 4 aromatic rings. The maximum Gasteiger partial charge on any atom is 0.303 e. The van der Waals surface area contributed by atoms with Gasteiger partial charge < -0.3 is 35.1 Å². The number of hydrogen-bond acceptors (Lipinski definition) is 9. The number of carbonyl (C=O) groups excluding carboxylic acids is 5. The minimum Gasteiger partial charge on any atom is -0.481 e. The van der Waals surface area contributed by atoms with Crippen molar-refractivity contribution in [3.05, 3.63) is 117 Å². The van der Waals surface area contributed by atoms with Crippen molar-refractivity contribution in [2.75, 3.05) is 52.4 Å². The minimum absolute atomic E-state index is 0.129. The number of benzene rings is 2. The summed E-state index contributed by atoms with van der Waals surface area (Å²) in [4.78, 5) is 81.3. The molecule has 12 aliphatic rings. The molecule has 2 saturated heterocycles. The molecule has 2 atom stereocenters. The van der Waals surface area contributed by atoms with Gasteiger partial charge in [-0.05, 0) is 290 Å². The summed E-state index contributed by atoms with van der Waals surface area (Å²) in [6.07, 6.45) is 26.4. The number of carboxylic acid groups (broad SMARTS) is 1. The van der Waals surface area contributed by atoms with E-state index < -0.39 is 5.97 Å². The highest BCUT2D eigenvalue weighted by Crippen LogP contribution is 2.59. The highest BCUT2D eigenvalue weighted by Gasteiger charge is 2.50. The molecule has 13 heteroatoms. The van der Waals surface area contributed by atoms with Gasteiger partial charge in [-0.25, -0.2) is 0 Å². The van der Waals surface area contributed by atoms with Crippen LogP contribution in [0.4, 0.5) is 0 Å². The minimum atomic E-state index is -0.581. The number of ketones is 4. The van der Waals surface area contributed by atoms with E-state index >= 15 is 0 Å². The summed E-state index contributed by atoms with van der Waals surface area (Å²) < 4.78 is 4.81. The number of nitrogens with zero attached hydrogens (tertiary/aromatic N) is 4. The Morgan fingerprint density at radius 2 is 0.916 bits per heavy atom. The third-order valence-electron chi connectivity index (χ3n) is 25.8. The molecule has 8 saturated carbocycles. The predicted molar refractivity (Wildman–Crippen MR) is 380 cm³/mol. The van der Waals surface area contributed by atoms with Crippen LogP contribution in [0.15, 0.2) is 94.1 Å². The van der Waals surface area contributed by atoms with Crippen LogP contribution in [0.1, 0.15) is 227 Å². The lowest BCUT2D eigenvalue weighted by molar-refractivity contribution is -0.142. The molecule has 13 nitrogen and oxygen atoms in total. The lowest BCUT2D eigenvalue weighted by atomic mass is 9.51. The van der Waals surface area contributed by atoms with Crippen molar-refractivity contribution in [2.45, 2.75) is 209 Å². The van der Waals surface area contributed by atoms with E-state index in [4.69, 9.17) is 10.8 Å². The Bertz CT molecular complexity index is 3610. The Hall–Kier alpha value is -6.02. The fourth-order valence-electron chi connectivity index (χ4n) is 21.6. The van der Waals surface area contributed by atoms with Crippen molar-refractivity contribution < 1.29 is 33.9 Å². The quantitative estimate of drug-likeness (QED) is 0.0681. The fraction of sp³-hybridized carbons (Fsp3) is 0.634. The van der Waals surface area contributed by atoms with E-state index in [1.807, 2.05) is 39.8 Å². The monoisotopic (exact) mass is 1290 g/mol. The van der Waals surface area contributed by atoms with Gasteiger partial charge in [0, 0.05) is 121 Å². The number of allylic oxidation sites excluding steroid dienone is 8. The summed E-state index contributed by atoms with van der Waals surface area (Å²) in [6, 6.07) is 17.2. The summed E-state index contributed by atoms with van der Waals surface area (Å²) in [5.41, 5.74) is 17.6. The molecule has 10 aliphatic carbocycles. The average molecular weight is 1290 g/mol. The maximum absolute atomic E-state index is 13.8.